The molecule has 2 fully saturated rings. The molecule has 9 nitrogen and oxygen atoms in total. The molecule has 1 aromatic rings. The summed E-state index contributed by atoms with van der Waals surface area (Å²) < 4.78 is 5.74. The number of rotatable bonds is 7. The lowest BCUT2D eigenvalue weighted by molar-refractivity contribution is -0.130. The van der Waals surface area contributed by atoms with Crippen molar-refractivity contribution in [3.05, 3.63) is 11.1 Å². The standard InChI is InChI=1S/C19H29N5O4S/c1-12-8-23(9-13(2)28-12)10-14-11-29-17(20-14)21-15(25)6-5-7-24-16(26)19(3,4)22-18(24)27/h11-13H,5-10H2,1-4H3,(H,22,27)(H,20,21,25). The Labute approximate surface area is 174 Å². The van der Waals surface area contributed by atoms with Crippen molar-refractivity contribution in [2.24, 2.45) is 0 Å². The highest BCUT2D eigenvalue weighted by Gasteiger charge is 2.43. The molecule has 0 aliphatic carbocycles. The number of nitrogens with zero attached hydrogens (tertiary/aromatic N) is 3. The fourth-order valence-corrected chi connectivity index (χ4v) is 4.40. The zero-order valence-electron chi connectivity index (χ0n) is 17.4. The number of morpholine rings is 1. The lowest BCUT2D eigenvalue weighted by atomic mass is 10.1. The van der Waals surface area contributed by atoms with E-state index in [-0.39, 0.29) is 37.0 Å². The first-order chi connectivity index (χ1) is 13.6. The number of thiazole rings is 1. The highest BCUT2D eigenvalue weighted by molar-refractivity contribution is 7.13. The predicted molar refractivity (Wildman–Crippen MR) is 110 cm³/mol. The molecular formula is C19H29N5O4S. The summed E-state index contributed by atoms with van der Waals surface area (Å²) in [5, 5.41) is 7.95. The molecule has 0 bridgehead atoms. The number of aromatic nitrogens is 1. The number of anilines is 1. The van der Waals surface area contributed by atoms with Gasteiger partial charge in [0.1, 0.15) is 5.54 Å². The smallest absolute Gasteiger partial charge is 0.325 e. The molecule has 2 aliphatic heterocycles. The summed E-state index contributed by atoms with van der Waals surface area (Å²) in [7, 11) is 0. The Morgan fingerprint density at radius 2 is 2.03 bits per heavy atom. The van der Waals surface area contributed by atoms with Gasteiger partial charge in [-0.25, -0.2) is 9.78 Å². The van der Waals surface area contributed by atoms with Crippen LogP contribution in [0, 0.1) is 0 Å². The van der Waals surface area contributed by atoms with Crippen LogP contribution in [0.3, 0.4) is 0 Å². The molecule has 3 rings (SSSR count). The summed E-state index contributed by atoms with van der Waals surface area (Å²) in [6.45, 7) is 10.1. The van der Waals surface area contributed by atoms with E-state index < -0.39 is 11.6 Å². The third-order valence-electron chi connectivity index (χ3n) is 4.91. The van der Waals surface area contributed by atoms with Crippen molar-refractivity contribution in [2.45, 2.75) is 64.8 Å². The maximum absolute atomic E-state index is 12.2. The summed E-state index contributed by atoms with van der Waals surface area (Å²) in [4.78, 5) is 44.1. The number of carbonyl (C=O) groups is 3. The lowest BCUT2D eigenvalue weighted by Crippen LogP contribution is -2.44. The number of ether oxygens (including phenoxy) is 1. The Hall–Kier alpha value is -2.04. The van der Waals surface area contributed by atoms with E-state index in [0.717, 1.165) is 25.3 Å². The van der Waals surface area contributed by atoms with Gasteiger partial charge in [0, 0.05) is 38.0 Å². The Kier molecular flexibility index (Phi) is 6.55. The highest BCUT2D eigenvalue weighted by Crippen LogP contribution is 2.20. The van der Waals surface area contributed by atoms with Crippen LogP contribution in [0.2, 0.25) is 0 Å². The molecule has 1 aromatic heterocycles. The summed E-state index contributed by atoms with van der Waals surface area (Å²) in [6, 6.07) is -0.406. The summed E-state index contributed by atoms with van der Waals surface area (Å²) >= 11 is 1.40. The van der Waals surface area contributed by atoms with Crippen LogP contribution in [0.25, 0.3) is 0 Å². The molecule has 160 valence electrons. The molecule has 10 heteroatoms. The van der Waals surface area contributed by atoms with Gasteiger partial charge in [0.15, 0.2) is 5.13 Å². The molecule has 2 N–H and O–H groups in total. The summed E-state index contributed by atoms with van der Waals surface area (Å²) in [5.74, 6) is -0.440. The van der Waals surface area contributed by atoms with Crippen molar-refractivity contribution in [2.75, 3.05) is 25.0 Å². The van der Waals surface area contributed by atoms with E-state index in [1.807, 2.05) is 5.38 Å². The van der Waals surface area contributed by atoms with E-state index in [9.17, 15) is 14.4 Å². The van der Waals surface area contributed by atoms with Gasteiger partial charge in [-0.15, -0.1) is 11.3 Å². The largest absolute Gasteiger partial charge is 0.373 e. The van der Waals surface area contributed by atoms with Gasteiger partial charge in [-0.05, 0) is 34.1 Å². The molecule has 0 radical (unpaired) electrons. The first-order valence-corrected chi connectivity index (χ1v) is 10.8. The monoisotopic (exact) mass is 423 g/mol. The summed E-state index contributed by atoms with van der Waals surface area (Å²) in [6.07, 6.45) is 1.02. The van der Waals surface area contributed by atoms with E-state index in [4.69, 9.17) is 4.74 Å². The minimum Gasteiger partial charge on any atom is -0.373 e. The van der Waals surface area contributed by atoms with Crippen LogP contribution in [0.4, 0.5) is 9.93 Å². The number of imide groups is 1. The molecular weight excluding hydrogens is 394 g/mol. The minimum absolute atomic E-state index is 0.175. The van der Waals surface area contributed by atoms with E-state index in [2.05, 4.69) is 34.4 Å². The van der Waals surface area contributed by atoms with Gasteiger partial charge < -0.3 is 15.4 Å². The fourth-order valence-electron chi connectivity index (χ4n) is 3.68. The Bertz CT molecular complexity index is 770. The number of nitrogens with one attached hydrogen (secondary N) is 2. The molecule has 2 unspecified atom stereocenters. The minimum atomic E-state index is -0.882. The van der Waals surface area contributed by atoms with E-state index >= 15 is 0 Å². The Balaban J connectivity index is 1.42. The first kappa shape index (κ1) is 21.7. The van der Waals surface area contributed by atoms with Crippen molar-refractivity contribution in [3.63, 3.8) is 0 Å². The second-order valence-corrected chi connectivity index (χ2v) is 9.12. The SMILES string of the molecule is CC1CN(Cc2csc(NC(=O)CCCN3C(=O)NC(C)(C)C3=O)n2)CC(C)O1. The van der Waals surface area contributed by atoms with E-state index in [1.54, 1.807) is 13.8 Å². The summed E-state index contributed by atoms with van der Waals surface area (Å²) in [5.41, 5.74) is 0.0420. The van der Waals surface area contributed by atoms with Crippen molar-refractivity contribution < 1.29 is 19.1 Å². The van der Waals surface area contributed by atoms with Crippen LogP contribution >= 0.6 is 11.3 Å². The molecule has 2 aliphatic rings. The molecule has 0 spiro atoms. The average molecular weight is 424 g/mol. The van der Waals surface area contributed by atoms with Gasteiger partial charge in [-0.3, -0.25) is 19.4 Å². The van der Waals surface area contributed by atoms with Gasteiger partial charge in [0.2, 0.25) is 5.91 Å². The van der Waals surface area contributed by atoms with Crippen LogP contribution in [0.15, 0.2) is 5.38 Å². The molecule has 0 aromatic carbocycles. The van der Waals surface area contributed by atoms with Crippen molar-refractivity contribution in [3.8, 4) is 0 Å². The Morgan fingerprint density at radius 3 is 2.66 bits per heavy atom. The van der Waals surface area contributed by atoms with Gasteiger partial charge >= 0.3 is 6.03 Å². The number of hydrogen-bond acceptors (Lipinski definition) is 7. The molecule has 29 heavy (non-hydrogen) atoms. The molecule has 4 amide bonds. The molecule has 2 saturated heterocycles. The van der Waals surface area contributed by atoms with Crippen LogP contribution in [-0.2, 0) is 20.9 Å². The normalized spacial score (nSPS) is 24.6. The number of amides is 4. The maximum Gasteiger partial charge on any atom is 0.325 e. The second kappa shape index (κ2) is 8.76. The predicted octanol–water partition coefficient (Wildman–Crippen LogP) is 1.80. The van der Waals surface area contributed by atoms with Crippen molar-refractivity contribution in [1.29, 1.82) is 0 Å². The topological polar surface area (TPSA) is 104 Å². The van der Waals surface area contributed by atoms with Crippen molar-refractivity contribution >= 4 is 34.3 Å². The number of carbonyl (C=O) groups excluding carboxylic acids is 3. The van der Waals surface area contributed by atoms with Crippen LogP contribution < -0.4 is 10.6 Å². The zero-order valence-corrected chi connectivity index (χ0v) is 18.2. The molecule has 3 heterocycles. The van der Waals surface area contributed by atoms with Gasteiger partial charge in [0.25, 0.3) is 5.91 Å². The highest BCUT2D eigenvalue weighted by atomic mass is 32.1. The average Bonchev–Trinajstić information content (AvgIpc) is 3.10. The quantitative estimate of drug-likeness (QED) is 0.648. The van der Waals surface area contributed by atoms with Gasteiger partial charge in [-0.2, -0.15) is 0 Å². The fraction of sp³-hybridized carbons (Fsp3) is 0.684. The maximum atomic E-state index is 12.2. The van der Waals surface area contributed by atoms with Crippen LogP contribution in [-0.4, -0.2) is 70.0 Å². The van der Waals surface area contributed by atoms with Gasteiger partial charge in [0.05, 0.1) is 17.9 Å². The van der Waals surface area contributed by atoms with Crippen molar-refractivity contribution in [1.82, 2.24) is 20.1 Å². The third kappa shape index (κ3) is 5.52. The molecule has 2 atom stereocenters. The van der Waals surface area contributed by atoms with Gasteiger partial charge in [-0.1, -0.05) is 0 Å². The lowest BCUT2D eigenvalue weighted by Gasteiger charge is -2.34. The van der Waals surface area contributed by atoms with E-state index in [1.165, 1.54) is 16.2 Å². The second-order valence-electron chi connectivity index (χ2n) is 8.26. The first-order valence-electron chi connectivity index (χ1n) is 9.90. The number of urea groups is 1. The zero-order chi connectivity index (χ0) is 21.2. The van der Waals surface area contributed by atoms with Crippen LogP contribution in [0.5, 0.6) is 0 Å². The number of hydrogen-bond donors (Lipinski definition) is 2. The van der Waals surface area contributed by atoms with E-state index in [0.29, 0.717) is 11.6 Å². The molecule has 0 saturated carbocycles. The van der Waals surface area contributed by atoms with Crippen LogP contribution in [0.1, 0.15) is 46.2 Å². The third-order valence-corrected chi connectivity index (χ3v) is 5.72. The Morgan fingerprint density at radius 1 is 1.34 bits per heavy atom.